The first-order valence-electron chi connectivity index (χ1n) is 7.77. The molecular formula is C16H25N3OS. The molecular weight excluding hydrogens is 282 g/mol. The van der Waals surface area contributed by atoms with Gasteiger partial charge in [0.15, 0.2) is 0 Å². The number of hydrogen-bond donors (Lipinski definition) is 2. The Balaban J connectivity index is 2.05. The van der Waals surface area contributed by atoms with Crippen molar-refractivity contribution in [2.75, 3.05) is 18.1 Å². The van der Waals surface area contributed by atoms with Gasteiger partial charge in [-0.15, -0.1) is 0 Å². The average molecular weight is 307 g/mol. The van der Waals surface area contributed by atoms with E-state index in [1.165, 1.54) is 19.3 Å². The summed E-state index contributed by atoms with van der Waals surface area (Å²) < 4.78 is 0. The van der Waals surface area contributed by atoms with Crippen molar-refractivity contribution in [2.45, 2.75) is 50.3 Å². The Morgan fingerprint density at radius 1 is 1.43 bits per heavy atom. The molecule has 0 aromatic carbocycles. The molecule has 4 nitrogen and oxygen atoms in total. The standard InChI is InChI=1S/C16H25N3OS/c1-3-9-18-14-11-17-10-8-12(14)16(20)19-13-6-4-5-7-15(13)21-2/h8,10-11,13,15,18H,3-7,9H2,1-2H3,(H,19,20). The highest BCUT2D eigenvalue weighted by atomic mass is 32.2. The van der Waals surface area contributed by atoms with E-state index in [9.17, 15) is 4.79 Å². The molecule has 21 heavy (non-hydrogen) atoms. The fraction of sp³-hybridized carbons (Fsp3) is 0.625. The van der Waals surface area contributed by atoms with E-state index in [4.69, 9.17) is 0 Å². The molecule has 0 saturated heterocycles. The van der Waals surface area contributed by atoms with Crippen molar-refractivity contribution >= 4 is 23.4 Å². The van der Waals surface area contributed by atoms with Gasteiger partial charge in [-0.3, -0.25) is 9.78 Å². The molecule has 1 aliphatic carbocycles. The predicted molar refractivity (Wildman–Crippen MR) is 90.0 cm³/mol. The van der Waals surface area contributed by atoms with Gasteiger partial charge in [-0.25, -0.2) is 0 Å². The van der Waals surface area contributed by atoms with Gasteiger partial charge >= 0.3 is 0 Å². The minimum Gasteiger partial charge on any atom is -0.383 e. The first-order valence-corrected chi connectivity index (χ1v) is 9.06. The molecule has 0 aliphatic heterocycles. The normalized spacial score (nSPS) is 21.8. The number of carbonyl (C=O) groups excluding carboxylic acids is 1. The number of hydrogen-bond acceptors (Lipinski definition) is 4. The second-order valence-electron chi connectivity index (χ2n) is 5.49. The lowest BCUT2D eigenvalue weighted by molar-refractivity contribution is 0.0930. The first kappa shape index (κ1) is 16.1. The van der Waals surface area contributed by atoms with Crippen molar-refractivity contribution < 1.29 is 4.79 Å². The number of carbonyl (C=O) groups is 1. The maximum atomic E-state index is 12.6. The Hall–Kier alpha value is -1.23. The summed E-state index contributed by atoms with van der Waals surface area (Å²) in [7, 11) is 0. The lowest BCUT2D eigenvalue weighted by Crippen LogP contribution is -2.43. The highest BCUT2D eigenvalue weighted by molar-refractivity contribution is 7.99. The van der Waals surface area contributed by atoms with Gasteiger partial charge in [-0.05, 0) is 31.6 Å². The van der Waals surface area contributed by atoms with Crippen molar-refractivity contribution in [2.24, 2.45) is 0 Å². The monoisotopic (exact) mass is 307 g/mol. The van der Waals surface area contributed by atoms with Crippen LogP contribution < -0.4 is 10.6 Å². The highest BCUT2D eigenvalue weighted by Gasteiger charge is 2.26. The van der Waals surface area contributed by atoms with Gasteiger partial charge in [0.2, 0.25) is 0 Å². The molecule has 116 valence electrons. The van der Waals surface area contributed by atoms with Crippen LogP contribution in [0.5, 0.6) is 0 Å². The molecule has 1 aliphatic rings. The third kappa shape index (κ3) is 4.37. The summed E-state index contributed by atoms with van der Waals surface area (Å²) in [5, 5.41) is 7.04. The van der Waals surface area contributed by atoms with E-state index in [1.807, 2.05) is 11.8 Å². The van der Waals surface area contributed by atoms with E-state index in [1.54, 1.807) is 18.5 Å². The number of nitrogens with zero attached hydrogens (tertiary/aromatic N) is 1. The molecule has 0 radical (unpaired) electrons. The van der Waals surface area contributed by atoms with Crippen molar-refractivity contribution in [1.29, 1.82) is 0 Å². The predicted octanol–water partition coefficient (Wildman–Crippen LogP) is 3.31. The average Bonchev–Trinajstić information content (AvgIpc) is 2.53. The Kier molecular flexibility index (Phi) is 6.36. The second-order valence-corrected chi connectivity index (χ2v) is 6.56. The summed E-state index contributed by atoms with van der Waals surface area (Å²) in [6, 6.07) is 2.08. The molecule has 2 rings (SSSR count). The van der Waals surface area contributed by atoms with Crippen molar-refractivity contribution in [3.8, 4) is 0 Å². The molecule has 5 heteroatoms. The third-order valence-corrected chi connectivity index (χ3v) is 5.12. The van der Waals surface area contributed by atoms with Crippen molar-refractivity contribution in [1.82, 2.24) is 10.3 Å². The number of nitrogens with one attached hydrogen (secondary N) is 2. The smallest absolute Gasteiger partial charge is 0.253 e. The molecule has 1 saturated carbocycles. The van der Waals surface area contributed by atoms with Gasteiger partial charge in [-0.1, -0.05) is 19.8 Å². The number of pyridine rings is 1. The zero-order valence-electron chi connectivity index (χ0n) is 12.9. The van der Waals surface area contributed by atoms with Crippen LogP contribution in [-0.2, 0) is 0 Å². The van der Waals surface area contributed by atoms with Gasteiger partial charge in [0.05, 0.1) is 17.4 Å². The number of anilines is 1. The van der Waals surface area contributed by atoms with Crippen LogP contribution in [0.3, 0.4) is 0 Å². The van der Waals surface area contributed by atoms with Crippen LogP contribution in [0, 0.1) is 0 Å². The first-order chi connectivity index (χ1) is 10.3. The molecule has 2 unspecified atom stereocenters. The number of amides is 1. The molecule has 0 spiro atoms. The number of thioether (sulfide) groups is 1. The van der Waals surface area contributed by atoms with Crippen LogP contribution in [0.15, 0.2) is 18.5 Å². The Labute approximate surface area is 131 Å². The molecule has 1 aromatic heterocycles. The van der Waals surface area contributed by atoms with Gasteiger partial charge in [0.1, 0.15) is 0 Å². The zero-order valence-corrected chi connectivity index (χ0v) is 13.7. The van der Waals surface area contributed by atoms with E-state index < -0.39 is 0 Å². The van der Waals surface area contributed by atoms with Crippen LogP contribution in [0.2, 0.25) is 0 Å². The molecule has 2 atom stereocenters. The van der Waals surface area contributed by atoms with Crippen LogP contribution in [0.4, 0.5) is 5.69 Å². The fourth-order valence-electron chi connectivity index (χ4n) is 2.78. The van der Waals surface area contributed by atoms with E-state index in [0.29, 0.717) is 10.8 Å². The van der Waals surface area contributed by atoms with Crippen LogP contribution in [-0.4, -0.2) is 35.0 Å². The Morgan fingerprint density at radius 2 is 2.24 bits per heavy atom. The Morgan fingerprint density at radius 3 is 3.00 bits per heavy atom. The number of aromatic nitrogens is 1. The maximum absolute atomic E-state index is 12.6. The summed E-state index contributed by atoms with van der Waals surface area (Å²) in [5.41, 5.74) is 1.53. The van der Waals surface area contributed by atoms with Gasteiger partial charge in [0, 0.05) is 24.0 Å². The summed E-state index contributed by atoms with van der Waals surface area (Å²) in [6.07, 6.45) is 11.3. The maximum Gasteiger partial charge on any atom is 0.253 e. The largest absolute Gasteiger partial charge is 0.383 e. The minimum absolute atomic E-state index is 0.0157. The molecule has 1 fully saturated rings. The van der Waals surface area contributed by atoms with Gasteiger partial charge in [-0.2, -0.15) is 11.8 Å². The van der Waals surface area contributed by atoms with Crippen molar-refractivity contribution in [3.05, 3.63) is 24.0 Å². The van der Waals surface area contributed by atoms with Gasteiger partial charge < -0.3 is 10.6 Å². The molecule has 1 heterocycles. The third-order valence-electron chi connectivity index (χ3n) is 3.95. The number of rotatable bonds is 6. The van der Waals surface area contributed by atoms with Crippen LogP contribution >= 0.6 is 11.8 Å². The fourth-order valence-corrected chi connectivity index (χ4v) is 3.72. The second kappa shape index (κ2) is 8.27. The molecule has 1 aromatic rings. The van der Waals surface area contributed by atoms with Crippen LogP contribution in [0.1, 0.15) is 49.4 Å². The SMILES string of the molecule is CCCNc1cnccc1C(=O)NC1CCCCC1SC. The van der Waals surface area contributed by atoms with E-state index in [2.05, 4.69) is 28.8 Å². The molecule has 0 bridgehead atoms. The summed E-state index contributed by atoms with van der Waals surface area (Å²) >= 11 is 1.87. The van der Waals surface area contributed by atoms with E-state index in [0.717, 1.165) is 25.1 Å². The van der Waals surface area contributed by atoms with Gasteiger partial charge in [0.25, 0.3) is 5.91 Å². The quantitative estimate of drug-likeness (QED) is 0.846. The minimum atomic E-state index is 0.0157. The molecule has 2 N–H and O–H groups in total. The molecule has 1 amide bonds. The summed E-state index contributed by atoms with van der Waals surface area (Å²) in [5.74, 6) is 0.0157. The summed E-state index contributed by atoms with van der Waals surface area (Å²) in [6.45, 7) is 2.96. The van der Waals surface area contributed by atoms with Crippen LogP contribution in [0.25, 0.3) is 0 Å². The summed E-state index contributed by atoms with van der Waals surface area (Å²) in [4.78, 5) is 16.7. The highest BCUT2D eigenvalue weighted by Crippen LogP contribution is 2.27. The Bertz CT molecular complexity index is 467. The zero-order chi connectivity index (χ0) is 15.1. The lowest BCUT2D eigenvalue weighted by atomic mass is 9.94. The van der Waals surface area contributed by atoms with Crippen molar-refractivity contribution in [3.63, 3.8) is 0 Å². The van der Waals surface area contributed by atoms with E-state index >= 15 is 0 Å². The van der Waals surface area contributed by atoms with E-state index in [-0.39, 0.29) is 11.9 Å². The lowest BCUT2D eigenvalue weighted by Gasteiger charge is -2.31. The topological polar surface area (TPSA) is 54.0 Å².